The Morgan fingerprint density at radius 2 is 1.73 bits per heavy atom. The first-order chi connectivity index (χ1) is 10.3. The van der Waals surface area contributed by atoms with Crippen molar-refractivity contribution in [1.82, 2.24) is 10.2 Å². The zero-order chi connectivity index (χ0) is 15.1. The van der Waals surface area contributed by atoms with Crippen LogP contribution in [0.25, 0.3) is 0 Å². The van der Waals surface area contributed by atoms with E-state index in [1.54, 1.807) is 0 Å². The summed E-state index contributed by atoms with van der Waals surface area (Å²) < 4.78 is 0. The highest BCUT2D eigenvalue weighted by molar-refractivity contribution is 5.85. The Kier molecular flexibility index (Phi) is 8.79. The number of hydrogen-bond acceptors (Lipinski definition) is 4. The Hall–Kier alpha value is -0.810. The van der Waals surface area contributed by atoms with Crippen molar-refractivity contribution in [3.8, 4) is 0 Å². The smallest absolute Gasteiger partial charge is 0.0449 e. The SMILES string of the molecule is CCN(CC)c1ccc([C@@H](CCO)N2CCNCC2)cc1.Cl. The molecule has 0 bridgehead atoms. The topological polar surface area (TPSA) is 38.7 Å². The highest BCUT2D eigenvalue weighted by Gasteiger charge is 2.21. The minimum absolute atomic E-state index is 0. The minimum atomic E-state index is 0. The van der Waals surface area contributed by atoms with Crippen LogP contribution in [0.4, 0.5) is 5.69 Å². The quantitative estimate of drug-likeness (QED) is 0.806. The summed E-state index contributed by atoms with van der Waals surface area (Å²) in [5.74, 6) is 0. The molecular formula is C17H30ClN3O. The molecule has 2 N–H and O–H groups in total. The molecule has 0 spiro atoms. The van der Waals surface area contributed by atoms with Crippen LogP contribution in [0.5, 0.6) is 0 Å². The molecule has 0 aliphatic carbocycles. The van der Waals surface area contributed by atoms with Crippen LogP contribution in [0.2, 0.25) is 0 Å². The maximum atomic E-state index is 9.40. The largest absolute Gasteiger partial charge is 0.396 e. The molecule has 1 heterocycles. The molecule has 1 aliphatic rings. The lowest BCUT2D eigenvalue weighted by molar-refractivity contribution is 0.141. The van der Waals surface area contributed by atoms with E-state index in [2.05, 4.69) is 53.2 Å². The Morgan fingerprint density at radius 1 is 1.14 bits per heavy atom. The lowest BCUT2D eigenvalue weighted by Gasteiger charge is -2.35. The summed E-state index contributed by atoms with van der Waals surface area (Å²) in [5.41, 5.74) is 2.61. The normalized spacial score (nSPS) is 16.9. The van der Waals surface area contributed by atoms with Crippen LogP contribution in [-0.4, -0.2) is 55.9 Å². The van der Waals surface area contributed by atoms with Gasteiger partial charge in [-0.05, 0) is 38.0 Å². The number of rotatable bonds is 7. The molecule has 22 heavy (non-hydrogen) atoms. The molecule has 1 saturated heterocycles. The maximum absolute atomic E-state index is 9.40. The lowest BCUT2D eigenvalue weighted by atomic mass is 10.0. The fourth-order valence-corrected chi connectivity index (χ4v) is 3.17. The fraction of sp³-hybridized carbons (Fsp3) is 0.647. The average molecular weight is 328 g/mol. The molecule has 1 atom stereocenters. The van der Waals surface area contributed by atoms with E-state index in [-0.39, 0.29) is 19.0 Å². The van der Waals surface area contributed by atoms with Gasteiger partial charge in [-0.3, -0.25) is 4.90 Å². The third kappa shape index (κ3) is 4.85. The van der Waals surface area contributed by atoms with E-state index in [1.807, 2.05) is 0 Å². The van der Waals surface area contributed by atoms with E-state index in [0.29, 0.717) is 6.04 Å². The first-order valence-corrected chi connectivity index (χ1v) is 8.20. The third-order valence-electron chi connectivity index (χ3n) is 4.40. The molecule has 1 aromatic rings. The van der Waals surface area contributed by atoms with Crippen molar-refractivity contribution in [3.05, 3.63) is 29.8 Å². The molecule has 126 valence electrons. The van der Waals surface area contributed by atoms with Crippen molar-refractivity contribution in [2.24, 2.45) is 0 Å². The Morgan fingerprint density at radius 3 is 2.23 bits per heavy atom. The van der Waals surface area contributed by atoms with Crippen LogP contribution in [0.1, 0.15) is 31.9 Å². The monoisotopic (exact) mass is 327 g/mol. The van der Waals surface area contributed by atoms with Gasteiger partial charge < -0.3 is 15.3 Å². The Bertz CT molecular complexity index is 403. The van der Waals surface area contributed by atoms with Gasteiger partial charge in [0.25, 0.3) is 0 Å². The lowest BCUT2D eigenvalue weighted by Crippen LogP contribution is -2.45. The van der Waals surface area contributed by atoms with Crippen molar-refractivity contribution in [2.75, 3.05) is 50.8 Å². The summed E-state index contributed by atoms with van der Waals surface area (Å²) in [7, 11) is 0. The van der Waals surface area contributed by atoms with Crippen LogP contribution in [0.3, 0.4) is 0 Å². The molecule has 0 aromatic heterocycles. The number of nitrogens with one attached hydrogen (secondary N) is 1. The number of aliphatic hydroxyl groups is 1. The molecule has 0 amide bonds. The van der Waals surface area contributed by atoms with Gasteiger partial charge in [-0.2, -0.15) is 0 Å². The number of hydrogen-bond donors (Lipinski definition) is 2. The molecule has 5 heteroatoms. The van der Waals surface area contributed by atoms with Gasteiger partial charge in [-0.15, -0.1) is 12.4 Å². The van der Waals surface area contributed by atoms with Crippen LogP contribution in [0, 0.1) is 0 Å². The highest BCUT2D eigenvalue weighted by Crippen LogP contribution is 2.26. The summed E-state index contributed by atoms with van der Waals surface area (Å²) in [6.07, 6.45) is 0.810. The van der Waals surface area contributed by atoms with Crippen LogP contribution < -0.4 is 10.2 Å². The summed E-state index contributed by atoms with van der Waals surface area (Å²) >= 11 is 0. The first kappa shape index (κ1) is 19.2. The zero-order valence-electron chi connectivity index (χ0n) is 13.8. The number of nitrogens with zero attached hydrogens (tertiary/aromatic N) is 2. The number of anilines is 1. The number of aliphatic hydroxyl groups excluding tert-OH is 1. The van der Waals surface area contributed by atoms with Gasteiger partial charge in [0.2, 0.25) is 0 Å². The van der Waals surface area contributed by atoms with Crippen LogP contribution in [-0.2, 0) is 0 Å². The molecular weight excluding hydrogens is 298 g/mol. The Labute approximate surface area is 140 Å². The molecule has 0 unspecified atom stereocenters. The Balaban J connectivity index is 0.00000242. The standard InChI is InChI=1S/C17H29N3O.ClH/c1-3-19(4-2)16-7-5-15(6-8-16)17(9-14-21)20-12-10-18-11-13-20;/h5-8,17-18,21H,3-4,9-14H2,1-2H3;1H/t17-;/m1./s1. The van der Waals surface area contributed by atoms with Gasteiger partial charge in [0.15, 0.2) is 0 Å². The molecule has 1 fully saturated rings. The third-order valence-corrected chi connectivity index (χ3v) is 4.40. The van der Waals surface area contributed by atoms with Crippen LogP contribution >= 0.6 is 12.4 Å². The van der Waals surface area contributed by atoms with Crippen molar-refractivity contribution < 1.29 is 5.11 Å². The van der Waals surface area contributed by atoms with Gasteiger partial charge in [0, 0.05) is 57.6 Å². The summed E-state index contributed by atoms with van der Waals surface area (Å²) in [4.78, 5) is 4.84. The molecule has 1 aromatic carbocycles. The number of halogens is 1. The second-order valence-corrected chi connectivity index (χ2v) is 5.58. The second-order valence-electron chi connectivity index (χ2n) is 5.58. The predicted octanol–water partition coefficient (Wildman–Crippen LogP) is 2.28. The highest BCUT2D eigenvalue weighted by atomic mass is 35.5. The summed E-state index contributed by atoms with van der Waals surface area (Å²) in [5, 5.41) is 12.8. The zero-order valence-corrected chi connectivity index (χ0v) is 14.6. The van der Waals surface area contributed by atoms with E-state index in [0.717, 1.165) is 45.7 Å². The predicted molar refractivity (Wildman–Crippen MR) is 96.1 cm³/mol. The van der Waals surface area contributed by atoms with E-state index >= 15 is 0 Å². The van der Waals surface area contributed by atoms with Crippen molar-refractivity contribution in [2.45, 2.75) is 26.3 Å². The maximum Gasteiger partial charge on any atom is 0.0449 e. The van der Waals surface area contributed by atoms with Gasteiger partial charge in [0.1, 0.15) is 0 Å². The second kappa shape index (κ2) is 10.1. The van der Waals surface area contributed by atoms with Gasteiger partial charge in [-0.25, -0.2) is 0 Å². The van der Waals surface area contributed by atoms with Crippen molar-refractivity contribution >= 4 is 18.1 Å². The molecule has 0 radical (unpaired) electrons. The molecule has 2 rings (SSSR count). The van der Waals surface area contributed by atoms with E-state index in [1.165, 1.54) is 11.3 Å². The summed E-state index contributed by atoms with van der Waals surface area (Å²) in [6, 6.07) is 9.23. The minimum Gasteiger partial charge on any atom is -0.396 e. The van der Waals surface area contributed by atoms with Gasteiger partial charge in [0.05, 0.1) is 0 Å². The van der Waals surface area contributed by atoms with Crippen molar-refractivity contribution in [3.63, 3.8) is 0 Å². The molecule has 4 nitrogen and oxygen atoms in total. The van der Waals surface area contributed by atoms with Gasteiger partial charge in [-0.1, -0.05) is 12.1 Å². The summed E-state index contributed by atoms with van der Waals surface area (Å²) in [6.45, 7) is 10.9. The number of benzene rings is 1. The van der Waals surface area contributed by atoms with E-state index in [9.17, 15) is 5.11 Å². The van der Waals surface area contributed by atoms with Crippen LogP contribution in [0.15, 0.2) is 24.3 Å². The van der Waals surface area contributed by atoms with E-state index < -0.39 is 0 Å². The number of piperazine rings is 1. The fourth-order valence-electron chi connectivity index (χ4n) is 3.17. The molecule has 1 aliphatic heterocycles. The average Bonchev–Trinajstić information content (AvgIpc) is 2.55. The van der Waals surface area contributed by atoms with Crippen molar-refractivity contribution in [1.29, 1.82) is 0 Å². The first-order valence-electron chi connectivity index (χ1n) is 8.20. The molecule has 0 saturated carbocycles. The van der Waals surface area contributed by atoms with E-state index in [4.69, 9.17) is 0 Å². The van der Waals surface area contributed by atoms with Gasteiger partial charge >= 0.3 is 0 Å².